The van der Waals surface area contributed by atoms with Crippen LogP contribution in [0.3, 0.4) is 0 Å². The number of carbonyl (C=O) groups excluding carboxylic acids is 2. The molecule has 0 fully saturated rings. The highest BCUT2D eigenvalue weighted by atomic mass is 35.5. The van der Waals surface area contributed by atoms with E-state index in [0.717, 1.165) is 16.1 Å². The summed E-state index contributed by atoms with van der Waals surface area (Å²) in [6.07, 6.45) is 1.94. The molecule has 0 spiro atoms. The number of hydrogen-bond donors (Lipinski definition) is 1. The van der Waals surface area contributed by atoms with E-state index in [1.54, 1.807) is 36.4 Å². The maximum absolute atomic E-state index is 14.2. The molecule has 42 heavy (non-hydrogen) atoms. The molecule has 0 aliphatic carbocycles. The number of sulfonamides is 1. The van der Waals surface area contributed by atoms with Gasteiger partial charge in [-0.2, -0.15) is 0 Å². The van der Waals surface area contributed by atoms with E-state index in [0.29, 0.717) is 22.8 Å². The average molecular weight is 616 g/mol. The number of nitrogens with one attached hydrogen (secondary N) is 1. The van der Waals surface area contributed by atoms with Crippen molar-refractivity contribution in [2.24, 2.45) is 0 Å². The summed E-state index contributed by atoms with van der Waals surface area (Å²) < 4.78 is 37.8. The number of hydrogen-bond acceptors (Lipinski definition) is 6. The molecule has 0 radical (unpaired) electrons. The number of halogens is 1. The van der Waals surface area contributed by atoms with Gasteiger partial charge in [-0.3, -0.25) is 13.9 Å². The van der Waals surface area contributed by atoms with Crippen LogP contribution in [0.25, 0.3) is 0 Å². The summed E-state index contributed by atoms with van der Waals surface area (Å²) >= 11 is 6.26. The molecule has 1 N–H and O–H groups in total. The Kier molecular flexibility index (Phi) is 11.6. The highest BCUT2D eigenvalue weighted by molar-refractivity contribution is 7.92. The van der Waals surface area contributed by atoms with Gasteiger partial charge in [-0.05, 0) is 48.7 Å². The summed E-state index contributed by atoms with van der Waals surface area (Å²) in [7, 11) is -1.08. The van der Waals surface area contributed by atoms with E-state index in [4.69, 9.17) is 21.1 Å². The molecule has 0 aliphatic rings. The lowest BCUT2D eigenvalue weighted by molar-refractivity contribution is -0.140. The Morgan fingerprint density at radius 3 is 2.24 bits per heavy atom. The number of amides is 2. The molecule has 3 rings (SSSR count). The van der Waals surface area contributed by atoms with Gasteiger partial charge in [0.2, 0.25) is 21.8 Å². The van der Waals surface area contributed by atoms with Crippen molar-refractivity contribution in [3.63, 3.8) is 0 Å². The molecule has 0 aromatic heterocycles. The minimum Gasteiger partial charge on any atom is -0.497 e. The molecule has 226 valence electrons. The van der Waals surface area contributed by atoms with Crippen molar-refractivity contribution in [3.8, 4) is 11.5 Å². The normalized spacial score (nSPS) is 12.6. The first-order chi connectivity index (χ1) is 20.0. The van der Waals surface area contributed by atoms with Crippen molar-refractivity contribution in [2.75, 3.05) is 31.3 Å². The lowest BCUT2D eigenvalue weighted by Crippen LogP contribution is -2.54. The summed E-state index contributed by atoms with van der Waals surface area (Å²) in [6, 6.07) is 20.0. The van der Waals surface area contributed by atoms with Crippen LogP contribution in [0, 0.1) is 0 Å². The molecule has 0 unspecified atom stereocenters. The van der Waals surface area contributed by atoms with Crippen LogP contribution in [0.2, 0.25) is 5.02 Å². The second-order valence-electron chi connectivity index (χ2n) is 9.98. The molecule has 0 bridgehead atoms. The van der Waals surface area contributed by atoms with Crippen LogP contribution < -0.4 is 19.1 Å². The molecule has 9 nitrogen and oxygen atoms in total. The zero-order valence-corrected chi connectivity index (χ0v) is 26.1. The van der Waals surface area contributed by atoms with Crippen molar-refractivity contribution in [1.82, 2.24) is 10.2 Å². The quantitative estimate of drug-likeness (QED) is 0.282. The lowest BCUT2D eigenvalue weighted by Gasteiger charge is -2.34. The molecule has 2 atom stereocenters. The third-order valence-electron chi connectivity index (χ3n) is 6.85. The van der Waals surface area contributed by atoms with Crippen LogP contribution in [0.1, 0.15) is 31.4 Å². The predicted octanol–water partition coefficient (Wildman–Crippen LogP) is 4.68. The van der Waals surface area contributed by atoms with E-state index in [2.05, 4.69) is 5.32 Å². The van der Waals surface area contributed by atoms with Gasteiger partial charge in [0, 0.05) is 30.1 Å². The summed E-state index contributed by atoms with van der Waals surface area (Å²) in [5, 5.41) is 3.48. The summed E-state index contributed by atoms with van der Waals surface area (Å²) in [5.41, 5.74) is 1.71. The highest BCUT2D eigenvalue weighted by Crippen LogP contribution is 2.34. The Hall–Kier alpha value is -3.76. The number of anilines is 1. The van der Waals surface area contributed by atoms with Gasteiger partial charge >= 0.3 is 0 Å². The predicted molar refractivity (Wildman–Crippen MR) is 166 cm³/mol. The second-order valence-corrected chi connectivity index (χ2v) is 12.3. The van der Waals surface area contributed by atoms with Crippen molar-refractivity contribution in [1.29, 1.82) is 0 Å². The van der Waals surface area contributed by atoms with E-state index in [9.17, 15) is 18.0 Å². The van der Waals surface area contributed by atoms with Crippen molar-refractivity contribution < 1.29 is 27.5 Å². The maximum atomic E-state index is 14.2. The van der Waals surface area contributed by atoms with E-state index >= 15 is 0 Å². The van der Waals surface area contributed by atoms with Crippen molar-refractivity contribution >= 4 is 39.1 Å². The van der Waals surface area contributed by atoms with Crippen LogP contribution in [0.4, 0.5) is 5.69 Å². The number of benzene rings is 3. The van der Waals surface area contributed by atoms with Gasteiger partial charge in [0.1, 0.15) is 24.1 Å². The zero-order chi connectivity index (χ0) is 30.9. The first-order valence-corrected chi connectivity index (χ1v) is 15.8. The molecule has 3 aromatic rings. The number of ether oxygens (including phenoxy) is 2. The first-order valence-electron chi connectivity index (χ1n) is 13.5. The largest absolute Gasteiger partial charge is 0.497 e. The number of carbonyl (C=O) groups is 2. The molecular formula is C31H38ClN3O6S. The Bertz CT molecular complexity index is 1470. The smallest absolute Gasteiger partial charge is 0.244 e. The van der Waals surface area contributed by atoms with E-state index in [-0.39, 0.29) is 36.4 Å². The average Bonchev–Trinajstić information content (AvgIpc) is 2.97. The maximum Gasteiger partial charge on any atom is 0.244 e. The highest BCUT2D eigenvalue weighted by Gasteiger charge is 2.34. The third-order valence-corrected chi connectivity index (χ3v) is 8.21. The molecule has 0 aliphatic heterocycles. The van der Waals surface area contributed by atoms with Gasteiger partial charge in [-0.1, -0.05) is 61.0 Å². The number of methoxy groups -OCH3 is 2. The fourth-order valence-corrected chi connectivity index (χ4v) is 5.48. The summed E-state index contributed by atoms with van der Waals surface area (Å²) in [4.78, 5) is 29.4. The molecular weight excluding hydrogens is 578 g/mol. The van der Waals surface area contributed by atoms with E-state index in [1.807, 2.05) is 44.2 Å². The monoisotopic (exact) mass is 615 g/mol. The van der Waals surface area contributed by atoms with Crippen LogP contribution in [0.15, 0.2) is 72.8 Å². The van der Waals surface area contributed by atoms with E-state index < -0.39 is 28.5 Å². The molecule has 3 aromatic carbocycles. The Morgan fingerprint density at radius 2 is 1.64 bits per heavy atom. The Labute approximate surface area is 253 Å². The standard InChI is InChI=1S/C31H38ClN3O6S/c1-6-22(2)33-31(37)28(18-23-11-8-7-9-12-23)34(20-24-13-10-14-25(32)17-24)30(36)21-35(42(5,38)39)27-16-15-26(40-3)19-29(27)41-4/h7-17,19,22,28H,6,18,20-21H2,1-5H3,(H,33,37)/t22-,28-/m1/s1. The SMILES string of the molecule is CC[C@@H](C)NC(=O)[C@@H](Cc1ccccc1)N(Cc1cccc(Cl)c1)C(=O)CN(c1ccc(OC)cc1OC)S(C)(=O)=O. The van der Waals surface area contributed by atoms with Gasteiger partial charge in [-0.15, -0.1) is 0 Å². The van der Waals surface area contributed by atoms with Crippen LogP contribution in [0.5, 0.6) is 11.5 Å². The van der Waals surface area contributed by atoms with Crippen molar-refractivity contribution in [2.45, 2.75) is 45.3 Å². The van der Waals surface area contributed by atoms with Gasteiger partial charge in [0.25, 0.3) is 0 Å². The van der Waals surface area contributed by atoms with Crippen LogP contribution in [-0.4, -0.2) is 64.2 Å². The van der Waals surface area contributed by atoms with E-state index in [1.165, 1.54) is 25.2 Å². The summed E-state index contributed by atoms with van der Waals surface area (Å²) in [6.45, 7) is 3.31. The van der Waals surface area contributed by atoms with Crippen molar-refractivity contribution in [3.05, 3.63) is 88.9 Å². The minimum atomic E-state index is -3.96. The van der Waals surface area contributed by atoms with Crippen LogP contribution in [-0.2, 0) is 32.6 Å². The molecule has 2 amide bonds. The number of nitrogens with zero attached hydrogens (tertiary/aromatic N) is 2. The fraction of sp³-hybridized carbons (Fsp3) is 0.355. The molecule has 0 saturated carbocycles. The number of rotatable bonds is 14. The molecule has 11 heteroatoms. The molecule has 0 heterocycles. The van der Waals surface area contributed by atoms with Gasteiger partial charge in [0.05, 0.1) is 26.2 Å². The topological polar surface area (TPSA) is 105 Å². The molecule has 0 saturated heterocycles. The Balaban J connectivity index is 2.10. The van der Waals surface area contributed by atoms with Gasteiger partial charge < -0.3 is 19.7 Å². The second kappa shape index (κ2) is 14.9. The van der Waals surface area contributed by atoms with Gasteiger partial charge in [0.15, 0.2) is 0 Å². The Morgan fingerprint density at radius 1 is 0.952 bits per heavy atom. The van der Waals surface area contributed by atoms with Gasteiger partial charge in [-0.25, -0.2) is 8.42 Å². The third kappa shape index (κ3) is 8.87. The summed E-state index contributed by atoms with van der Waals surface area (Å²) in [5.74, 6) is -0.234. The minimum absolute atomic E-state index is 0.0299. The fourth-order valence-electron chi connectivity index (χ4n) is 4.41. The van der Waals surface area contributed by atoms with Crippen LogP contribution >= 0.6 is 11.6 Å². The lowest BCUT2D eigenvalue weighted by atomic mass is 10.0. The first kappa shape index (κ1) is 32.8. The zero-order valence-electron chi connectivity index (χ0n) is 24.5.